The van der Waals surface area contributed by atoms with Crippen molar-refractivity contribution >= 4 is 23.8 Å². The van der Waals surface area contributed by atoms with Crippen LogP contribution in [0.2, 0.25) is 0 Å². The van der Waals surface area contributed by atoms with E-state index in [4.69, 9.17) is 0 Å². The number of amides is 2. The van der Waals surface area contributed by atoms with Gasteiger partial charge in [0.05, 0.1) is 23.8 Å². The second kappa shape index (κ2) is 6.68. The van der Waals surface area contributed by atoms with Crippen molar-refractivity contribution in [1.29, 1.82) is 0 Å². The molecule has 138 valence electrons. The fourth-order valence-electron chi connectivity index (χ4n) is 3.16. The Kier molecular flexibility index (Phi) is 4.53. The summed E-state index contributed by atoms with van der Waals surface area (Å²) in [5, 5.41) is 9.83. The number of imide groups is 1. The molecule has 1 heterocycles. The molecule has 27 heavy (non-hydrogen) atoms. The molecule has 2 aromatic carbocycles. The van der Waals surface area contributed by atoms with Crippen LogP contribution in [0, 0.1) is 0 Å². The molecular weight excluding hydrogens is 350 g/mol. The molecule has 1 unspecified atom stereocenters. The minimum Gasteiger partial charge on any atom is -0.479 e. The number of carboxylic acid groups (broad SMARTS) is 1. The average Bonchev–Trinajstić information content (AvgIpc) is 2.93. The Balaban J connectivity index is 1.96. The van der Waals surface area contributed by atoms with E-state index in [9.17, 15) is 24.3 Å². The van der Waals surface area contributed by atoms with E-state index < -0.39 is 29.3 Å². The van der Waals surface area contributed by atoms with Crippen LogP contribution in [0.3, 0.4) is 0 Å². The SMILES string of the molecule is COC(=O)c1ccc(CC(C)(C(=O)O)N2C(=O)c3ccccc3C2=O)cc1. The van der Waals surface area contributed by atoms with Crippen molar-refractivity contribution in [1.82, 2.24) is 4.90 Å². The van der Waals surface area contributed by atoms with Crippen LogP contribution >= 0.6 is 0 Å². The summed E-state index contributed by atoms with van der Waals surface area (Å²) in [6, 6.07) is 12.4. The molecule has 0 bridgehead atoms. The third kappa shape index (κ3) is 2.97. The van der Waals surface area contributed by atoms with E-state index in [1.54, 1.807) is 24.3 Å². The second-order valence-electron chi connectivity index (χ2n) is 6.44. The summed E-state index contributed by atoms with van der Waals surface area (Å²) in [6.07, 6.45) is -0.102. The highest BCUT2D eigenvalue weighted by atomic mass is 16.5. The van der Waals surface area contributed by atoms with E-state index in [2.05, 4.69) is 4.74 Å². The number of benzene rings is 2. The Bertz CT molecular complexity index is 914. The van der Waals surface area contributed by atoms with Crippen LogP contribution in [-0.2, 0) is 16.0 Å². The summed E-state index contributed by atoms with van der Waals surface area (Å²) in [5.41, 5.74) is -0.518. The molecule has 1 N–H and O–H groups in total. The Morgan fingerprint density at radius 2 is 1.52 bits per heavy atom. The number of fused-ring (bicyclic) bond motifs is 1. The van der Waals surface area contributed by atoms with Crippen molar-refractivity contribution in [2.45, 2.75) is 18.9 Å². The smallest absolute Gasteiger partial charge is 0.337 e. The Morgan fingerprint density at radius 3 is 1.96 bits per heavy atom. The van der Waals surface area contributed by atoms with Crippen molar-refractivity contribution in [3.05, 3.63) is 70.8 Å². The van der Waals surface area contributed by atoms with E-state index in [-0.39, 0.29) is 17.5 Å². The minimum absolute atomic E-state index is 0.102. The molecule has 0 radical (unpaired) electrons. The zero-order valence-electron chi connectivity index (χ0n) is 14.8. The van der Waals surface area contributed by atoms with E-state index in [0.717, 1.165) is 4.90 Å². The molecule has 0 spiro atoms. The lowest BCUT2D eigenvalue weighted by molar-refractivity contribution is -0.147. The lowest BCUT2D eigenvalue weighted by atomic mass is 9.90. The van der Waals surface area contributed by atoms with Crippen LogP contribution < -0.4 is 0 Å². The van der Waals surface area contributed by atoms with Crippen molar-refractivity contribution in [2.24, 2.45) is 0 Å². The predicted molar refractivity (Wildman–Crippen MR) is 94.5 cm³/mol. The van der Waals surface area contributed by atoms with Gasteiger partial charge in [-0.25, -0.2) is 9.59 Å². The van der Waals surface area contributed by atoms with Gasteiger partial charge in [-0.1, -0.05) is 24.3 Å². The lowest BCUT2D eigenvalue weighted by Crippen LogP contribution is -2.56. The van der Waals surface area contributed by atoms with Crippen LogP contribution in [0.1, 0.15) is 43.6 Å². The summed E-state index contributed by atoms with van der Waals surface area (Å²) in [5.74, 6) is -3.07. The van der Waals surface area contributed by atoms with Gasteiger partial charge in [0.1, 0.15) is 5.54 Å². The molecule has 0 saturated heterocycles. The molecule has 2 amide bonds. The largest absolute Gasteiger partial charge is 0.479 e. The molecular formula is C20H17NO6. The van der Waals surface area contributed by atoms with Crippen LogP contribution in [0.15, 0.2) is 48.5 Å². The number of hydrogen-bond donors (Lipinski definition) is 1. The van der Waals surface area contributed by atoms with Crippen LogP contribution in [0.25, 0.3) is 0 Å². The molecule has 0 fully saturated rings. The number of rotatable bonds is 5. The van der Waals surface area contributed by atoms with Crippen molar-refractivity contribution in [2.75, 3.05) is 7.11 Å². The number of nitrogens with zero attached hydrogens (tertiary/aromatic N) is 1. The molecule has 2 aromatic rings. The monoisotopic (exact) mass is 367 g/mol. The molecule has 7 nitrogen and oxygen atoms in total. The fourth-order valence-corrected chi connectivity index (χ4v) is 3.16. The van der Waals surface area contributed by atoms with E-state index in [1.807, 2.05) is 0 Å². The summed E-state index contributed by atoms with van der Waals surface area (Å²) in [7, 11) is 1.26. The Hall–Kier alpha value is -3.48. The number of hydrogen-bond acceptors (Lipinski definition) is 5. The molecule has 1 aliphatic heterocycles. The lowest BCUT2D eigenvalue weighted by Gasteiger charge is -2.33. The van der Waals surface area contributed by atoms with E-state index in [0.29, 0.717) is 11.1 Å². The number of ether oxygens (including phenoxy) is 1. The highest BCUT2D eigenvalue weighted by Gasteiger charge is 2.50. The minimum atomic E-state index is -1.78. The Morgan fingerprint density at radius 1 is 1.00 bits per heavy atom. The van der Waals surface area contributed by atoms with E-state index >= 15 is 0 Å². The third-order valence-corrected chi connectivity index (χ3v) is 4.67. The maximum Gasteiger partial charge on any atom is 0.337 e. The van der Waals surface area contributed by atoms with Crippen LogP contribution in [0.4, 0.5) is 0 Å². The van der Waals surface area contributed by atoms with Crippen molar-refractivity contribution in [3.8, 4) is 0 Å². The topological polar surface area (TPSA) is 101 Å². The highest BCUT2D eigenvalue weighted by Crippen LogP contribution is 2.32. The van der Waals surface area contributed by atoms with Gasteiger partial charge in [0.25, 0.3) is 11.8 Å². The molecule has 0 aliphatic carbocycles. The van der Waals surface area contributed by atoms with Gasteiger partial charge >= 0.3 is 11.9 Å². The summed E-state index contributed by atoms with van der Waals surface area (Å²) in [4.78, 5) is 49.8. The second-order valence-corrected chi connectivity index (χ2v) is 6.44. The average molecular weight is 367 g/mol. The van der Waals surface area contributed by atoms with Gasteiger partial charge < -0.3 is 9.84 Å². The van der Waals surface area contributed by atoms with Gasteiger partial charge in [0, 0.05) is 6.42 Å². The zero-order chi connectivity index (χ0) is 19.8. The molecule has 0 saturated carbocycles. The number of carbonyl (C=O) groups excluding carboxylic acids is 3. The standard InChI is InChI=1S/C20H17NO6/c1-20(19(25)26,11-12-7-9-13(10-8-12)18(24)27-2)21-16(22)14-5-3-4-6-15(14)17(21)23/h3-10H,11H2,1-2H3,(H,25,26). The summed E-state index contributed by atoms with van der Waals surface area (Å²) >= 11 is 0. The first-order valence-electron chi connectivity index (χ1n) is 8.18. The molecule has 1 aliphatic rings. The number of carbonyl (C=O) groups is 4. The first kappa shape index (κ1) is 18.3. The first-order valence-corrected chi connectivity index (χ1v) is 8.18. The maximum absolute atomic E-state index is 12.7. The number of carboxylic acids is 1. The van der Waals surface area contributed by atoms with Gasteiger partial charge in [-0.05, 0) is 36.8 Å². The van der Waals surface area contributed by atoms with Crippen LogP contribution in [0.5, 0.6) is 0 Å². The van der Waals surface area contributed by atoms with Crippen molar-refractivity contribution < 1.29 is 29.0 Å². The zero-order valence-corrected chi connectivity index (χ0v) is 14.8. The predicted octanol–water partition coefficient (Wildman–Crippen LogP) is 2.16. The fraction of sp³-hybridized carbons (Fsp3) is 0.200. The maximum atomic E-state index is 12.7. The van der Waals surface area contributed by atoms with Gasteiger partial charge in [0.2, 0.25) is 0 Å². The highest BCUT2D eigenvalue weighted by molar-refractivity contribution is 6.23. The number of methoxy groups -OCH3 is 1. The van der Waals surface area contributed by atoms with Gasteiger partial charge in [-0.15, -0.1) is 0 Å². The van der Waals surface area contributed by atoms with E-state index in [1.165, 1.54) is 38.3 Å². The van der Waals surface area contributed by atoms with Gasteiger partial charge in [-0.2, -0.15) is 0 Å². The third-order valence-electron chi connectivity index (χ3n) is 4.67. The normalized spacial score (nSPS) is 15.3. The number of esters is 1. The molecule has 3 rings (SSSR count). The number of aliphatic carboxylic acids is 1. The molecule has 1 atom stereocenters. The molecule has 0 aromatic heterocycles. The van der Waals surface area contributed by atoms with Crippen LogP contribution in [-0.4, -0.2) is 46.4 Å². The summed E-state index contributed by atoms with van der Waals surface area (Å²) < 4.78 is 4.63. The van der Waals surface area contributed by atoms with Crippen molar-refractivity contribution in [3.63, 3.8) is 0 Å². The summed E-state index contributed by atoms with van der Waals surface area (Å²) in [6.45, 7) is 1.34. The quantitative estimate of drug-likeness (QED) is 0.642. The molecule has 7 heteroatoms. The first-order chi connectivity index (χ1) is 12.8. The van der Waals surface area contributed by atoms with Gasteiger partial charge in [0.15, 0.2) is 0 Å². The van der Waals surface area contributed by atoms with Gasteiger partial charge in [-0.3, -0.25) is 14.5 Å². The Labute approximate surface area is 155 Å².